The van der Waals surface area contributed by atoms with E-state index in [2.05, 4.69) is 10.3 Å². The van der Waals surface area contributed by atoms with Gasteiger partial charge in [0.15, 0.2) is 0 Å². The van der Waals surface area contributed by atoms with E-state index in [-0.39, 0.29) is 11.1 Å². The Kier molecular flexibility index (Phi) is 4.98. The Morgan fingerprint density at radius 3 is 2.33 bits per heavy atom. The van der Waals surface area contributed by atoms with Crippen molar-refractivity contribution < 1.29 is 22.4 Å². The van der Waals surface area contributed by atoms with E-state index in [0.29, 0.717) is 5.82 Å². The molecule has 1 unspecified atom stereocenters. The van der Waals surface area contributed by atoms with Crippen LogP contribution in [0.25, 0.3) is 0 Å². The maximum Gasteiger partial charge on any atom is 0.416 e. The van der Waals surface area contributed by atoms with Gasteiger partial charge in [0, 0.05) is 30.6 Å². The Morgan fingerprint density at radius 2 is 1.78 bits per heavy atom. The highest BCUT2D eigenvalue weighted by atomic mass is 19.4. The van der Waals surface area contributed by atoms with Gasteiger partial charge >= 0.3 is 6.18 Å². The molecule has 0 aliphatic carbocycles. The Balaban J connectivity index is 1.92. The van der Waals surface area contributed by atoms with Crippen molar-refractivity contribution in [2.75, 3.05) is 0 Å². The number of imidazole rings is 1. The second-order valence-corrected chi connectivity index (χ2v) is 5.90. The summed E-state index contributed by atoms with van der Waals surface area (Å²) in [6.45, 7) is 0. The number of nitrogens with one attached hydrogen (secondary N) is 1. The second-order valence-electron chi connectivity index (χ2n) is 5.90. The van der Waals surface area contributed by atoms with Crippen LogP contribution in [0.2, 0.25) is 0 Å². The van der Waals surface area contributed by atoms with E-state index in [1.807, 2.05) is 0 Å². The number of carbonyl (C=O) groups excluding carboxylic acids is 1. The highest BCUT2D eigenvalue weighted by Gasteiger charge is 2.30. The molecule has 0 radical (unpaired) electrons. The van der Waals surface area contributed by atoms with Gasteiger partial charge in [0.1, 0.15) is 17.7 Å². The lowest BCUT2D eigenvalue weighted by Crippen LogP contribution is -2.31. The van der Waals surface area contributed by atoms with Gasteiger partial charge in [-0.05, 0) is 30.3 Å². The summed E-state index contributed by atoms with van der Waals surface area (Å²) in [4.78, 5) is 16.7. The van der Waals surface area contributed by atoms with E-state index in [1.165, 1.54) is 24.4 Å². The number of nitrogens with zero attached hydrogens (tertiary/aromatic N) is 2. The zero-order chi connectivity index (χ0) is 19.6. The summed E-state index contributed by atoms with van der Waals surface area (Å²) >= 11 is 0. The van der Waals surface area contributed by atoms with Crippen molar-refractivity contribution in [2.24, 2.45) is 7.05 Å². The predicted molar refractivity (Wildman–Crippen MR) is 90.4 cm³/mol. The van der Waals surface area contributed by atoms with Crippen molar-refractivity contribution in [1.82, 2.24) is 14.9 Å². The van der Waals surface area contributed by atoms with Crippen molar-refractivity contribution in [1.29, 1.82) is 0 Å². The summed E-state index contributed by atoms with van der Waals surface area (Å²) in [6.07, 6.45) is -1.33. The molecule has 0 bridgehead atoms. The van der Waals surface area contributed by atoms with Crippen LogP contribution < -0.4 is 5.32 Å². The summed E-state index contributed by atoms with van der Waals surface area (Å²) in [6, 6.07) is 8.83. The zero-order valence-corrected chi connectivity index (χ0v) is 14.2. The summed E-state index contributed by atoms with van der Waals surface area (Å²) in [7, 11) is 1.69. The molecule has 1 aromatic heterocycles. The monoisotopic (exact) mass is 377 g/mol. The van der Waals surface area contributed by atoms with Crippen LogP contribution in [-0.4, -0.2) is 15.5 Å². The van der Waals surface area contributed by atoms with Crippen LogP contribution in [0.3, 0.4) is 0 Å². The van der Waals surface area contributed by atoms with Crippen LogP contribution in [0.5, 0.6) is 0 Å². The lowest BCUT2D eigenvalue weighted by atomic mass is 10.0. The van der Waals surface area contributed by atoms with Crippen molar-refractivity contribution in [3.63, 3.8) is 0 Å². The highest BCUT2D eigenvalue weighted by molar-refractivity contribution is 5.94. The summed E-state index contributed by atoms with van der Waals surface area (Å²) in [5.41, 5.74) is -0.626. The highest BCUT2D eigenvalue weighted by Crippen LogP contribution is 2.29. The number of halogens is 4. The van der Waals surface area contributed by atoms with Gasteiger partial charge in [0.25, 0.3) is 5.91 Å². The van der Waals surface area contributed by atoms with Gasteiger partial charge in [-0.25, -0.2) is 9.37 Å². The smallest absolute Gasteiger partial charge is 0.338 e. The lowest BCUT2D eigenvalue weighted by Gasteiger charge is -2.20. The minimum Gasteiger partial charge on any atom is -0.338 e. The quantitative estimate of drug-likeness (QED) is 0.696. The Hall–Kier alpha value is -3.16. The van der Waals surface area contributed by atoms with E-state index in [9.17, 15) is 22.4 Å². The zero-order valence-electron chi connectivity index (χ0n) is 14.2. The van der Waals surface area contributed by atoms with Crippen molar-refractivity contribution >= 4 is 5.91 Å². The lowest BCUT2D eigenvalue weighted by molar-refractivity contribution is -0.137. The van der Waals surface area contributed by atoms with Crippen LogP contribution in [0.1, 0.15) is 33.4 Å². The molecule has 1 atom stereocenters. The molecule has 0 saturated carbocycles. The van der Waals surface area contributed by atoms with Crippen LogP contribution in [0.15, 0.2) is 60.9 Å². The fourth-order valence-corrected chi connectivity index (χ4v) is 2.67. The molecular formula is C19H15F4N3O. The number of aryl methyl sites for hydroxylation is 1. The minimum atomic E-state index is -4.49. The number of carbonyl (C=O) groups is 1. The molecule has 4 nitrogen and oxygen atoms in total. The fraction of sp³-hybridized carbons (Fsp3) is 0.158. The standard InChI is InChI=1S/C19H15F4N3O/c1-26-11-10-24-17(26)16(14-4-2-3-5-15(14)20)25-18(27)12-6-8-13(9-7-12)19(21,22)23/h2-11,16H,1H3,(H,25,27). The number of rotatable bonds is 4. The first-order valence-corrected chi connectivity index (χ1v) is 7.97. The molecule has 140 valence electrons. The van der Waals surface area contributed by atoms with Gasteiger partial charge < -0.3 is 9.88 Å². The number of amides is 1. The Bertz CT molecular complexity index is 948. The van der Waals surface area contributed by atoms with Crippen molar-refractivity contribution in [3.05, 3.63) is 89.3 Å². The van der Waals surface area contributed by atoms with E-state index < -0.39 is 29.5 Å². The van der Waals surface area contributed by atoms with Gasteiger partial charge in [-0.15, -0.1) is 0 Å². The maximum atomic E-state index is 14.3. The molecule has 0 saturated heterocycles. The molecule has 0 aliphatic rings. The minimum absolute atomic E-state index is 0.0264. The SMILES string of the molecule is Cn1ccnc1C(NC(=O)c1ccc(C(F)(F)F)cc1)c1ccccc1F. The van der Waals surface area contributed by atoms with Crippen LogP contribution in [0, 0.1) is 5.82 Å². The molecule has 2 aromatic carbocycles. The number of benzene rings is 2. The second kappa shape index (κ2) is 7.22. The number of aromatic nitrogens is 2. The van der Waals surface area contributed by atoms with Gasteiger partial charge in [-0.1, -0.05) is 18.2 Å². The van der Waals surface area contributed by atoms with Crippen LogP contribution in [-0.2, 0) is 13.2 Å². The predicted octanol–water partition coefficient (Wildman–Crippen LogP) is 4.10. The van der Waals surface area contributed by atoms with E-state index in [1.54, 1.807) is 23.9 Å². The molecule has 0 aliphatic heterocycles. The molecule has 1 heterocycles. The van der Waals surface area contributed by atoms with Gasteiger partial charge in [0.2, 0.25) is 0 Å². The van der Waals surface area contributed by atoms with Crippen molar-refractivity contribution in [2.45, 2.75) is 12.2 Å². The molecule has 1 amide bonds. The van der Waals surface area contributed by atoms with E-state index in [4.69, 9.17) is 0 Å². The average Bonchev–Trinajstić information content (AvgIpc) is 3.05. The summed E-state index contributed by atoms with van der Waals surface area (Å²) < 4.78 is 53.9. The van der Waals surface area contributed by atoms with E-state index >= 15 is 0 Å². The normalized spacial score (nSPS) is 12.6. The largest absolute Gasteiger partial charge is 0.416 e. The van der Waals surface area contributed by atoms with Gasteiger partial charge in [-0.2, -0.15) is 13.2 Å². The summed E-state index contributed by atoms with van der Waals surface area (Å²) in [5.74, 6) is -0.779. The Morgan fingerprint density at radius 1 is 1.11 bits per heavy atom. The molecular weight excluding hydrogens is 362 g/mol. The summed E-state index contributed by atoms with van der Waals surface area (Å²) in [5, 5.41) is 2.65. The van der Waals surface area contributed by atoms with Gasteiger partial charge in [-0.3, -0.25) is 4.79 Å². The first-order chi connectivity index (χ1) is 12.8. The molecule has 0 spiro atoms. The van der Waals surface area contributed by atoms with Gasteiger partial charge in [0.05, 0.1) is 5.56 Å². The molecule has 1 N–H and O–H groups in total. The first kappa shape index (κ1) is 18.6. The molecule has 3 rings (SSSR count). The number of hydrogen-bond acceptors (Lipinski definition) is 2. The third-order valence-corrected chi connectivity index (χ3v) is 4.08. The fourth-order valence-electron chi connectivity index (χ4n) is 2.67. The third kappa shape index (κ3) is 3.99. The number of alkyl halides is 3. The van der Waals surface area contributed by atoms with E-state index in [0.717, 1.165) is 24.3 Å². The third-order valence-electron chi connectivity index (χ3n) is 4.08. The average molecular weight is 377 g/mol. The number of hydrogen-bond donors (Lipinski definition) is 1. The first-order valence-electron chi connectivity index (χ1n) is 7.97. The molecule has 0 fully saturated rings. The van der Waals surface area contributed by atoms with Crippen LogP contribution >= 0.6 is 0 Å². The van der Waals surface area contributed by atoms with Crippen LogP contribution in [0.4, 0.5) is 17.6 Å². The Labute approximate surface area is 152 Å². The molecule has 8 heteroatoms. The topological polar surface area (TPSA) is 46.9 Å². The molecule has 27 heavy (non-hydrogen) atoms. The molecule has 3 aromatic rings. The maximum absolute atomic E-state index is 14.3. The van der Waals surface area contributed by atoms with Crippen molar-refractivity contribution in [3.8, 4) is 0 Å².